The molecule has 1 aromatic heterocycles. The van der Waals surface area contributed by atoms with Crippen molar-refractivity contribution in [3.8, 4) is 0 Å². The molecule has 1 amide bonds. The minimum absolute atomic E-state index is 0.0325. The normalized spacial score (nSPS) is 20.0. The molecule has 7 nitrogen and oxygen atoms in total. The summed E-state index contributed by atoms with van der Waals surface area (Å²) >= 11 is 0. The van der Waals surface area contributed by atoms with Crippen LogP contribution in [0.3, 0.4) is 0 Å². The number of hydrogen-bond donors (Lipinski definition) is 1. The number of benzene rings is 1. The first-order valence-corrected chi connectivity index (χ1v) is 10.4. The molecule has 1 fully saturated rings. The largest absolute Gasteiger partial charge is 0.448 e. The summed E-state index contributed by atoms with van der Waals surface area (Å²) in [5, 5.41) is 0.879. The van der Waals surface area contributed by atoms with Crippen molar-refractivity contribution in [2.24, 2.45) is 0 Å². The average molecular weight is 378 g/mol. The number of rotatable bonds is 5. The summed E-state index contributed by atoms with van der Waals surface area (Å²) in [6.07, 6.45) is -0.568. The fourth-order valence-corrected chi connectivity index (χ4v) is 5.04. The lowest BCUT2D eigenvalue weighted by molar-refractivity contribution is -0.141. The molecule has 1 aromatic carbocycles. The van der Waals surface area contributed by atoms with Crippen LogP contribution in [-0.4, -0.2) is 60.4 Å². The molecule has 3 rings (SSSR count). The number of aromatic nitrogens is 1. The van der Waals surface area contributed by atoms with E-state index >= 15 is 0 Å². The van der Waals surface area contributed by atoms with Crippen LogP contribution in [0, 0.1) is 0 Å². The third-order valence-electron chi connectivity index (χ3n) is 4.65. The van der Waals surface area contributed by atoms with Gasteiger partial charge in [-0.15, -0.1) is 0 Å². The van der Waals surface area contributed by atoms with E-state index in [0.717, 1.165) is 10.9 Å². The highest BCUT2D eigenvalue weighted by atomic mass is 32.2. The standard InChI is InChI=1S/C18H22N2O5S/c1-3-20(14-8-9-26(23,24)11-14)17(21)12(2)25-18(22)16-10-13-6-4-5-7-15(13)19-16/h4-7,10,12,14,19H,3,8-9,11H2,1-2H3/t12-,14+/m0/s1. The number of hydrogen-bond acceptors (Lipinski definition) is 5. The first-order chi connectivity index (χ1) is 12.3. The van der Waals surface area contributed by atoms with Gasteiger partial charge in [0.1, 0.15) is 5.69 Å². The van der Waals surface area contributed by atoms with Gasteiger partial charge in [-0.1, -0.05) is 18.2 Å². The predicted octanol–water partition coefficient (Wildman–Crippen LogP) is 1.75. The van der Waals surface area contributed by atoms with Crippen molar-refractivity contribution in [1.29, 1.82) is 0 Å². The molecule has 0 saturated carbocycles. The molecule has 8 heteroatoms. The maximum atomic E-state index is 12.7. The van der Waals surface area contributed by atoms with Crippen LogP contribution in [0.4, 0.5) is 0 Å². The number of ether oxygens (including phenoxy) is 1. The molecule has 2 atom stereocenters. The summed E-state index contributed by atoms with van der Waals surface area (Å²) in [4.78, 5) is 29.5. The van der Waals surface area contributed by atoms with Crippen molar-refractivity contribution in [3.63, 3.8) is 0 Å². The van der Waals surface area contributed by atoms with Gasteiger partial charge in [0.15, 0.2) is 15.9 Å². The molecule has 2 aromatic rings. The van der Waals surface area contributed by atoms with Gasteiger partial charge < -0.3 is 14.6 Å². The van der Waals surface area contributed by atoms with E-state index in [1.54, 1.807) is 13.0 Å². The number of para-hydroxylation sites is 1. The Morgan fingerprint density at radius 2 is 2.08 bits per heavy atom. The van der Waals surface area contributed by atoms with E-state index in [9.17, 15) is 18.0 Å². The van der Waals surface area contributed by atoms with Crippen LogP contribution in [0.5, 0.6) is 0 Å². The topological polar surface area (TPSA) is 96.5 Å². The maximum absolute atomic E-state index is 12.7. The predicted molar refractivity (Wildman–Crippen MR) is 97.6 cm³/mol. The number of carbonyl (C=O) groups excluding carboxylic acids is 2. The zero-order valence-corrected chi connectivity index (χ0v) is 15.6. The van der Waals surface area contributed by atoms with Crippen molar-refractivity contribution in [2.75, 3.05) is 18.1 Å². The highest BCUT2D eigenvalue weighted by Crippen LogP contribution is 2.20. The third-order valence-corrected chi connectivity index (χ3v) is 6.40. The fourth-order valence-electron chi connectivity index (χ4n) is 3.31. The molecule has 1 N–H and O–H groups in total. The van der Waals surface area contributed by atoms with Crippen LogP contribution in [0.2, 0.25) is 0 Å². The van der Waals surface area contributed by atoms with Gasteiger partial charge in [0.05, 0.1) is 11.5 Å². The monoisotopic (exact) mass is 378 g/mol. The lowest BCUT2D eigenvalue weighted by atomic mass is 10.2. The van der Waals surface area contributed by atoms with Crippen LogP contribution in [-0.2, 0) is 19.4 Å². The molecule has 140 valence electrons. The highest BCUT2D eigenvalue weighted by molar-refractivity contribution is 7.91. The van der Waals surface area contributed by atoms with Crippen LogP contribution >= 0.6 is 0 Å². The number of nitrogens with one attached hydrogen (secondary N) is 1. The minimum atomic E-state index is -3.10. The van der Waals surface area contributed by atoms with Crippen molar-refractivity contribution in [2.45, 2.75) is 32.4 Å². The van der Waals surface area contributed by atoms with Gasteiger partial charge in [-0.3, -0.25) is 4.79 Å². The molecule has 2 heterocycles. The number of amides is 1. The van der Waals surface area contributed by atoms with E-state index in [2.05, 4.69) is 4.98 Å². The van der Waals surface area contributed by atoms with Gasteiger partial charge >= 0.3 is 5.97 Å². The van der Waals surface area contributed by atoms with E-state index in [1.807, 2.05) is 24.3 Å². The smallest absolute Gasteiger partial charge is 0.355 e. The number of nitrogens with zero attached hydrogens (tertiary/aromatic N) is 1. The zero-order chi connectivity index (χ0) is 18.9. The second-order valence-electron chi connectivity index (χ2n) is 6.50. The van der Waals surface area contributed by atoms with E-state index in [4.69, 9.17) is 4.74 Å². The molecule has 0 bridgehead atoms. The lowest BCUT2D eigenvalue weighted by Gasteiger charge is -2.29. The Morgan fingerprint density at radius 1 is 1.35 bits per heavy atom. The van der Waals surface area contributed by atoms with Crippen LogP contribution < -0.4 is 0 Å². The third kappa shape index (κ3) is 3.75. The van der Waals surface area contributed by atoms with Gasteiger partial charge in [0.25, 0.3) is 5.91 Å². The Balaban J connectivity index is 1.68. The van der Waals surface area contributed by atoms with E-state index in [-0.39, 0.29) is 29.1 Å². The second-order valence-corrected chi connectivity index (χ2v) is 8.73. The Bertz CT molecular complexity index is 901. The van der Waals surface area contributed by atoms with Gasteiger partial charge in [-0.25, -0.2) is 13.2 Å². The molecule has 0 aliphatic carbocycles. The van der Waals surface area contributed by atoms with Gasteiger partial charge in [0.2, 0.25) is 0 Å². The summed E-state index contributed by atoms with van der Waals surface area (Å²) in [6.45, 7) is 3.66. The summed E-state index contributed by atoms with van der Waals surface area (Å²) in [5.74, 6) is -0.934. The van der Waals surface area contributed by atoms with E-state index < -0.39 is 21.9 Å². The SMILES string of the molecule is CCN(C(=O)[C@H](C)OC(=O)c1cc2ccccc2[nH]1)[C@@H]1CCS(=O)(=O)C1. The number of esters is 1. The van der Waals surface area contributed by atoms with Crippen LogP contribution in [0.1, 0.15) is 30.8 Å². The summed E-state index contributed by atoms with van der Waals surface area (Å²) in [7, 11) is -3.10. The minimum Gasteiger partial charge on any atom is -0.448 e. The highest BCUT2D eigenvalue weighted by Gasteiger charge is 2.36. The Labute approximate surface area is 152 Å². The molecule has 1 aliphatic heterocycles. The fraction of sp³-hybridized carbons (Fsp3) is 0.444. The van der Waals surface area contributed by atoms with Crippen molar-refractivity contribution in [1.82, 2.24) is 9.88 Å². The average Bonchev–Trinajstić information content (AvgIpc) is 3.18. The zero-order valence-electron chi connectivity index (χ0n) is 14.8. The molecular weight excluding hydrogens is 356 g/mol. The van der Waals surface area contributed by atoms with Gasteiger partial charge in [-0.2, -0.15) is 0 Å². The molecule has 1 saturated heterocycles. The molecule has 0 unspecified atom stereocenters. The molecule has 26 heavy (non-hydrogen) atoms. The number of carbonyl (C=O) groups is 2. The molecule has 1 aliphatic rings. The number of likely N-dealkylation sites (N-methyl/N-ethyl adjacent to an activating group) is 1. The van der Waals surface area contributed by atoms with Gasteiger partial charge in [-0.05, 0) is 32.4 Å². The van der Waals surface area contributed by atoms with Crippen molar-refractivity contribution >= 4 is 32.6 Å². The quantitative estimate of drug-likeness (QED) is 0.800. The summed E-state index contributed by atoms with van der Waals surface area (Å²) < 4.78 is 28.7. The summed E-state index contributed by atoms with van der Waals surface area (Å²) in [5.41, 5.74) is 1.09. The first kappa shape index (κ1) is 18.4. The maximum Gasteiger partial charge on any atom is 0.355 e. The molecule has 0 spiro atoms. The Kier molecular flexibility index (Phi) is 5.04. The number of H-pyrrole nitrogens is 1. The van der Waals surface area contributed by atoms with E-state index in [1.165, 1.54) is 11.8 Å². The second kappa shape index (κ2) is 7.11. The number of sulfone groups is 1. The number of aromatic amines is 1. The number of fused-ring (bicyclic) bond motifs is 1. The Hall–Kier alpha value is -2.35. The van der Waals surface area contributed by atoms with Crippen LogP contribution in [0.15, 0.2) is 30.3 Å². The molecule has 0 radical (unpaired) electrons. The lowest BCUT2D eigenvalue weighted by Crippen LogP contribution is -2.46. The summed E-state index contributed by atoms with van der Waals surface area (Å²) in [6, 6.07) is 8.76. The van der Waals surface area contributed by atoms with Crippen molar-refractivity contribution < 1.29 is 22.7 Å². The van der Waals surface area contributed by atoms with E-state index in [0.29, 0.717) is 13.0 Å². The Morgan fingerprint density at radius 3 is 2.69 bits per heavy atom. The first-order valence-electron chi connectivity index (χ1n) is 8.60. The van der Waals surface area contributed by atoms with Crippen molar-refractivity contribution in [3.05, 3.63) is 36.0 Å². The van der Waals surface area contributed by atoms with Crippen LogP contribution in [0.25, 0.3) is 10.9 Å². The molecular formula is C18H22N2O5S. The van der Waals surface area contributed by atoms with Gasteiger partial charge in [0, 0.05) is 23.5 Å².